The maximum Gasteiger partial charge on any atom is 0.337 e. The van der Waals surface area contributed by atoms with Gasteiger partial charge in [0.25, 0.3) is 0 Å². The van der Waals surface area contributed by atoms with Crippen molar-refractivity contribution in [3.05, 3.63) is 106 Å². The molecule has 0 bridgehead atoms. The number of rotatable bonds is 5. The number of amides is 2. The number of nitrogens with zero attached hydrogens (tertiary/aromatic N) is 2. The Hall–Kier alpha value is -4.10. The molecule has 1 aromatic heterocycles. The van der Waals surface area contributed by atoms with Crippen LogP contribution in [0.2, 0.25) is 5.02 Å². The zero-order chi connectivity index (χ0) is 26.4. The average Bonchev–Trinajstić information content (AvgIpc) is 3.32. The van der Waals surface area contributed by atoms with Crippen LogP contribution in [0.4, 0.5) is 0 Å². The summed E-state index contributed by atoms with van der Waals surface area (Å²) in [5.41, 5.74) is 5.23. The molecule has 0 aliphatic carbocycles. The first kappa shape index (κ1) is 24.2. The van der Waals surface area contributed by atoms with Gasteiger partial charge in [-0.2, -0.15) is 0 Å². The van der Waals surface area contributed by atoms with Crippen molar-refractivity contribution in [2.45, 2.75) is 24.9 Å². The molecule has 192 valence electrons. The van der Waals surface area contributed by atoms with E-state index in [9.17, 15) is 14.4 Å². The highest BCUT2D eigenvalue weighted by atomic mass is 35.5. The smallest absolute Gasteiger partial charge is 0.337 e. The first-order valence-electron chi connectivity index (χ1n) is 12.6. The molecule has 8 heteroatoms. The van der Waals surface area contributed by atoms with E-state index < -0.39 is 18.1 Å². The lowest BCUT2D eigenvalue weighted by Crippen LogP contribution is -2.63. The highest BCUT2D eigenvalue weighted by Gasteiger charge is 2.48. The molecule has 2 aliphatic rings. The summed E-state index contributed by atoms with van der Waals surface area (Å²) >= 11 is 6.01. The monoisotopic (exact) mass is 527 g/mol. The van der Waals surface area contributed by atoms with Crippen molar-refractivity contribution in [2.24, 2.45) is 0 Å². The Labute approximate surface area is 224 Å². The Balaban J connectivity index is 1.37. The van der Waals surface area contributed by atoms with Crippen LogP contribution in [0.5, 0.6) is 0 Å². The number of benzene rings is 3. The van der Waals surface area contributed by atoms with Crippen LogP contribution in [-0.2, 0) is 27.2 Å². The van der Waals surface area contributed by atoms with E-state index >= 15 is 0 Å². The van der Waals surface area contributed by atoms with Gasteiger partial charge >= 0.3 is 5.97 Å². The molecule has 38 heavy (non-hydrogen) atoms. The minimum Gasteiger partial charge on any atom is -0.465 e. The molecule has 0 spiro atoms. The molecule has 2 aliphatic heterocycles. The number of para-hydroxylation sites is 1. The van der Waals surface area contributed by atoms with E-state index in [4.69, 9.17) is 16.3 Å². The van der Waals surface area contributed by atoms with Gasteiger partial charge in [0, 0.05) is 34.6 Å². The zero-order valence-corrected chi connectivity index (χ0v) is 21.6. The van der Waals surface area contributed by atoms with Crippen LogP contribution >= 0.6 is 11.6 Å². The zero-order valence-electron chi connectivity index (χ0n) is 20.8. The quantitative estimate of drug-likeness (QED) is 0.386. The molecule has 3 heterocycles. The summed E-state index contributed by atoms with van der Waals surface area (Å²) in [4.78, 5) is 46.5. The van der Waals surface area contributed by atoms with Crippen LogP contribution in [0.1, 0.15) is 38.8 Å². The van der Waals surface area contributed by atoms with Crippen LogP contribution in [0.3, 0.4) is 0 Å². The lowest BCUT2D eigenvalue weighted by Gasteiger charge is -2.47. The van der Waals surface area contributed by atoms with Gasteiger partial charge in [-0.15, -0.1) is 0 Å². The number of piperazine rings is 1. The second-order valence-electron chi connectivity index (χ2n) is 9.74. The molecule has 0 saturated carbocycles. The fourth-order valence-corrected chi connectivity index (χ4v) is 5.82. The summed E-state index contributed by atoms with van der Waals surface area (Å²) in [6.07, 6.45) is 1.08. The van der Waals surface area contributed by atoms with Crippen LogP contribution in [0, 0.1) is 0 Å². The van der Waals surface area contributed by atoms with E-state index in [-0.39, 0.29) is 18.4 Å². The maximum atomic E-state index is 13.8. The van der Waals surface area contributed by atoms with Crippen LogP contribution < -0.4 is 0 Å². The number of H-pyrrole nitrogens is 1. The van der Waals surface area contributed by atoms with E-state index in [2.05, 4.69) is 4.98 Å². The molecule has 3 aromatic carbocycles. The van der Waals surface area contributed by atoms with Crippen molar-refractivity contribution < 1.29 is 19.1 Å². The van der Waals surface area contributed by atoms with E-state index in [1.165, 1.54) is 7.11 Å². The predicted molar refractivity (Wildman–Crippen MR) is 144 cm³/mol. The van der Waals surface area contributed by atoms with Gasteiger partial charge in [-0.3, -0.25) is 9.59 Å². The third kappa shape index (κ3) is 4.13. The minimum absolute atomic E-state index is 0.0230. The molecule has 0 radical (unpaired) electrons. The number of halogens is 1. The van der Waals surface area contributed by atoms with Crippen LogP contribution in [0.25, 0.3) is 10.9 Å². The molecule has 6 rings (SSSR count). The molecule has 1 N–H and O–H groups in total. The molecular weight excluding hydrogens is 502 g/mol. The number of fused-ring (bicyclic) bond motifs is 4. The van der Waals surface area contributed by atoms with Crippen molar-refractivity contribution in [1.29, 1.82) is 0 Å². The maximum absolute atomic E-state index is 13.8. The summed E-state index contributed by atoms with van der Waals surface area (Å²) in [5, 5.41) is 1.72. The number of hydrogen-bond donors (Lipinski definition) is 1. The number of hydrogen-bond acceptors (Lipinski definition) is 4. The van der Waals surface area contributed by atoms with E-state index in [1.54, 1.807) is 21.9 Å². The SMILES string of the molecule is COC(=O)c1ccc(C2c3[nH]c4ccccc4c3CC3C(=O)N(CCc4ccc(Cl)cc4)CC(=O)N32)cc1. The van der Waals surface area contributed by atoms with E-state index in [1.807, 2.05) is 60.7 Å². The van der Waals surface area contributed by atoms with E-state index in [0.29, 0.717) is 30.0 Å². The van der Waals surface area contributed by atoms with Gasteiger partial charge < -0.3 is 19.5 Å². The molecule has 7 nitrogen and oxygen atoms in total. The normalized spacial score (nSPS) is 18.9. The molecular formula is C30H26ClN3O4. The lowest BCUT2D eigenvalue weighted by molar-refractivity contribution is -0.158. The van der Waals surface area contributed by atoms with Crippen LogP contribution in [-0.4, -0.2) is 58.8 Å². The average molecular weight is 528 g/mol. The van der Waals surface area contributed by atoms with Gasteiger partial charge in [-0.1, -0.05) is 54.1 Å². The number of esters is 1. The summed E-state index contributed by atoms with van der Waals surface area (Å²) in [6.45, 7) is 0.477. The second kappa shape index (κ2) is 9.65. The van der Waals surface area contributed by atoms with Gasteiger partial charge in [0.2, 0.25) is 11.8 Å². The first-order chi connectivity index (χ1) is 18.4. The van der Waals surface area contributed by atoms with Crippen molar-refractivity contribution in [1.82, 2.24) is 14.8 Å². The van der Waals surface area contributed by atoms with Gasteiger partial charge in [-0.25, -0.2) is 4.79 Å². The number of aromatic amines is 1. The highest BCUT2D eigenvalue weighted by Crippen LogP contribution is 2.42. The number of carbonyl (C=O) groups is 3. The topological polar surface area (TPSA) is 82.7 Å². The number of carbonyl (C=O) groups excluding carboxylic acids is 3. The predicted octanol–water partition coefficient (Wildman–Crippen LogP) is 4.54. The molecule has 2 amide bonds. The highest BCUT2D eigenvalue weighted by molar-refractivity contribution is 6.30. The number of aromatic nitrogens is 1. The van der Waals surface area contributed by atoms with Crippen molar-refractivity contribution in [3.8, 4) is 0 Å². The number of methoxy groups -OCH3 is 1. The molecule has 2 unspecified atom stereocenters. The number of nitrogens with one attached hydrogen (secondary N) is 1. The second-order valence-corrected chi connectivity index (χ2v) is 10.2. The first-order valence-corrected chi connectivity index (χ1v) is 12.9. The minimum atomic E-state index is -0.613. The van der Waals surface area contributed by atoms with Gasteiger partial charge in [-0.05, 0) is 53.4 Å². The molecule has 4 aromatic rings. The summed E-state index contributed by atoms with van der Waals surface area (Å²) in [6, 6.07) is 21.5. The van der Waals surface area contributed by atoms with Crippen LogP contribution in [0.15, 0.2) is 72.8 Å². The van der Waals surface area contributed by atoms with Crippen molar-refractivity contribution in [2.75, 3.05) is 20.2 Å². The third-order valence-electron chi connectivity index (χ3n) is 7.57. The Morgan fingerprint density at radius 2 is 1.76 bits per heavy atom. The van der Waals surface area contributed by atoms with Gasteiger partial charge in [0.05, 0.1) is 25.3 Å². The summed E-state index contributed by atoms with van der Waals surface area (Å²) in [7, 11) is 1.34. The largest absolute Gasteiger partial charge is 0.465 e. The fraction of sp³-hybridized carbons (Fsp3) is 0.233. The Kier molecular flexibility index (Phi) is 6.16. The summed E-state index contributed by atoms with van der Waals surface area (Å²) < 4.78 is 4.84. The molecule has 1 fully saturated rings. The molecule has 2 atom stereocenters. The standard InChI is InChI=1S/C30H26ClN3O4/c1-38-30(37)20-10-8-19(9-11-20)28-27-23(22-4-2-3-5-24(22)32-27)16-25-29(36)33(17-26(35)34(25)28)15-14-18-6-12-21(31)13-7-18/h2-13,25,28,32H,14-17H2,1H3. The Morgan fingerprint density at radius 1 is 1.03 bits per heavy atom. The Bertz CT molecular complexity index is 1540. The van der Waals surface area contributed by atoms with Gasteiger partial charge in [0.15, 0.2) is 0 Å². The fourth-order valence-electron chi connectivity index (χ4n) is 5.69. The Morgan fingerprint density at radius 3 is 2.50 bits per heavy atom. The summed E-state index contributed by atoms with van der Waals surface area (Å²) in [5.74, 6) is -0.576. The number of ether oxygens (including phenoxy) is 1. The lowest BCUT2D eigenvalue weighted by atomic mass is 9.86. The van der Waals surface area contributed by atoms with Crippen molar-refractivity contribution >= 4 is 40.3 Å². The third-order valence-corrected chi connectivity index (χ3v) is 7.83. The van der Waals surface area contributed by atoms with Gasteiger partial charge in [0.1, 0.15) is 6.04 Å². The van der Waals surface area contributed by atoms with Crippen molar-refractivity contribution in [3.63, 3.8) is 0 Å². The van der Waals surface area contributed by atoms with E-state index in [0.717, 1.165) is 33.3 Å². The molecule has 1 saturated heterocycles.